The van der Waals surface area contributed by atoms with Gasteiger partial charge in [-0.3, -0.25) is 9.74 Å². The molecule has 0 saturated heterocycles. The average Bonchev–Trinajstić information content (AvgIpc) is 2.44. The molecule has 1 rings (SSSR count). The third kappa shape index (κ3) is 4.90. The number of hydrogen-bond donors (Lipinski definition) is 0. The van der Waals surface area contributed by atoms with Crippen molar-refractivity contribution in [1.82, 2.24) is 4.57 Å². The Hall–Kier alpha value is -2.19. The van der Waals surface area contributed by atoms with Gasteiger partial charge in [-0.05, 0) is 17.4 Å². The molecule has 0 bridgehead atoms. The number of rotatable bonds is 5. The number of carbonyl (C=O) groups excluding carboxylic acids is 2. The summed E-state index contributed by atoms with van der Waals surface area (Å²) in [5, 5.41) is 0. The second-order valence-corrected chi connectivity index (χ2v) is 6.50. The van der Waals surface area contributed by atoms with Crippen LogP contribution in [-0.4, -0.2) is 16.8 Å². The molecule has 1 unspecified atom stereocenters. The molecule has 9 heteroatoms. The minimum atomic E-state index is -4.84. The van der Waals surface area contributed by atoms with Gasteiger partial charge in [0.05, 0.1) is 5.56 Å². The first-order valence-electron chi connectivity index (χ1n) is 6.99. The van der Waals surface area contributed by atoms with Crippen LogP contribution in [0.2, 0.25) is 0 Å². The number of carbonyl (C=O) groups is 2. The lowest BCUT2D eigenvalue weighted by molar-refractivity contribution is -0.189. The van der Waals surface area contributed by atoms with Crippen molar-refractivity contribution in [2.75, 3.05) is 0 Å². The Labute approximate surface area is 135 Å². The van der Waals surface area contributed by atoms with Crippen molar-refractivity contribution in [3.8, 4) is 0 Å². The van der Waals surface area contributed by atoms with E-state index in [0.29, 0.717) is 10.6 Å². The summed E-state index contributed by atoms with van der Waals surface area (Å²) in [6, 6.07) is -1.16. The Kier molecular flexibility index (Phi) is 5.91. The molecule has 1 atom stereocenters. The van der Waals surface area contributed by atoms with Gasteiger partial charge >= 0.3 is 12.1 Å². The summed E-state index contributed by atoms with van der Waals surface area (Å²) in [6.45, 7) is 5.10. The molecule has 1 aromatic rings. The normalized spacial score (nSPS) is 13.5. The molecule has 5 nitrogen and oxygen atoms in total. The zero-order chi connectivity index (χ0) is 18.7. The second-order valence-electron chi connectivity index (χ2n) is 6.50. The van der Waals surface area contributed by atoms with E-state index in [4.69, 9.17) is 0 Å². The smallest absolute Gasteiger partial charge is 0.303 e. The van der Waals surface area contributed by atoms with Gasteiger partial charge in [0.15, 0.2) is 0 Å². The van der Waals surface area contributed by atoms with Crippen molar-refractivity contribution in [3.05, 3.63) is 33.7 Å². The molecule has 24 heavy (non-hydrogen) atoms. The molecule has 0 aliphatic carbocycles. The lowest BCUT2D eigenvalue weighted by Gasteiger charge is -2.25. The van der Waals surface area contributed by atoms with Gasteiger partial charge in [-0.25, -0.2) is 4.79 Å². The standard InChI is InChI=1S/C15H17F4NO4/c1-14(2,3)7-11(13(23)24-19)20-8-9(4-5-21)10(6-12(20)22)15(16,17)18/h5-6,8,11H,4,7H2,1-3H3. The highest BCUT2D eigenvalue weighted by Gasteiger charge is 2.36. The van der Waals surface area contributed by atoms with E-state index in [1.165, 1.54) is 0 Å². The fourth-order valence-electron chi connectivity index (χ4n) is 2.28. The molecule has 0 saturated carbocycles. The van der Waals surface area contributed by atoms with Gasteiger partial charge in [0.1, 0.15) is 12.3 Å². The van der Waals surface area contributed by atoms with E-state index in [9.17, 15) is 32.1 Å². The predicted octanol–water partition coefficient (Wildman–Crippen LogP) is 3.01. The molecule has 0 fully saturated rings. The third-order valence-electron chi connectivity index (χ3n) is 3.26. The first-order valence-corrected chi connectivity index (χ1v) is 6.99. The highest BCUT2D eigenvalue weighted by Crippen LogP contribution is 2.33. The van der Waals surface area contributed by atoms with Crippen LogP contribution in [0.4, 0.5) is 17.7 Å². The first kappa shape index (κ1) is 19.9. The van der Waals surface area contributed by atoms with Gasteiger partial charge in [-0.15, -0.1) is 0 Å². The largest absolute Gasteiger partial charge is 0.416 e. The maximum absolute atomic E-state index is 13.0. The molecule has 0 aliphatic heterocycles. The Morgan fingerprint density at radius 3 is 2.33 bits per heavy atom. The number of hydrogen-bond acceptors (Lipinski definition) is 4. The summed E-state index contributed by atoms with van der Waals surface area (Å²) < 4.78 is 51.9. The lowest BCUT2D eigenvalue weighted by Crippen LogP contribution is -2.34. The predicted molar refractivity (Wildman–Crippen MR) is 75.8 cm³/mol. The SMILES string of the molecule is CC(C)(C)CC(C(=O)OF)n1cc(CC=O)c(C(F)(F)F)cc1=O. The van der Waals surface area contributed by atoms with Crippen LogP contribution >= 0.6 is 0 Å². The first-order chi connectivity index (χ1) is 10.9. The van der Waals surface area contributed by atoms with E-state index >= 15 is 0 Å². The maximum Gasteiger partial charge on any atom is 0.416 e. The second kappa shape index (κ2) is 7.14. The number of nitrogens with zero attached hydrogens (tertiary/aromatic N) is 1. The fourth-order valence-corrected chi connectivity index (χ4v) is 2.28. The van der Waals surface area contributed by atoms with E-state index in [1.54, 1.807) is 20.8 Å². The highest BCUT2D eigenvalue weighted by atomic mass is 19.4. The number of halogens is 4. The Balaban J connectivity index is 3.55. The van der Waals surface area contributed by atoms with E-state index in [-0.39, 0.29) is 12.7 Å². The van der Waals surface area contributed by atoms with Crippen molar-refractivity contribution in [3.63, 3.8) is 0 Å². The van der Waals surface area contributed by atoms with Crippen molar-refractivity contribution < 1.29 is 32.2 Å². The van der Waals surface area contributed by atoms with Crippen molar-refractivity contribution in [2.45, 2.75) is 45.8 Å². The van der Waals surface area contributed by atoms with E-state index in [2.05, 4.69) is 4.94 Å². The molecule has 1 heterocycles. The summed E-state index contributed by atoms with van der Waals surface area (Å²) in [5.74, 6) is -1.40. The van der Waals surface area contributed by atoms with Gasteiger partial charge in [-0.1, -0.05) is 20.8 Å². The van der Waals surface area contributed by atoms with Crippen LogP contribution in [-0.2, 0) is 27.1 Å². The minimum absolute atomic E-state index is 0.0540. The van der Waals surface area contributed by atoms with Crippen molar-refractivity contribution >= 4 is 12.3 Å². The summed E-state index contributed by atoms with van der Waals surface area (Å²) in [5.41, 5.74) is -3.44. The molecule has 0 spiro atoms. The van der Waals surface area contributed by atoms with Crippen LogP contribution in [0.25, 0.3) is 0 Å². The van der Waals surface area contributed by atoms with Crippen molar-refractivity contribution in [2.24, 2.45) is 5.41 Å². The summed E-state index contributed by atoms with van der Waals surface area (Å²) in [4.78, 5) is 37.5. The summed E-state index contributed by atoms with van der Waals surface area (Å²) in [7, 11) is 0. The average molecular weight is 351 g/mol. The van der Waals surface area contributed by atoms with E-state index < -0.39 is 46.7 Å². The molecule has 0 N–H and O–H groups in total. The number of aromatic nitrogens is 1. The molecule has 134 valence electrons. The monoisotopic (exact) mass is 351 g/mol. The number of aldehydes is 1. The molecule has 0 amide bonds. The Bertz CT molecular complexity index is 674. The van der Waals surface area contributed by atoms with Gasteiger partial charge in [0, 0.05) is 23.2 Å². The summed E-state index contributed by atoms with van der Waals surface area (Å²) in [6.07, 6.45) is -4.50. The van der Waals surface area contributed by atoms with Crippen LogP contribution < -0.4 is 5.56 Å². The number of pyridine rings is 1. The Morgan fingerprint density at radius 1 is 1.33 bits per heavy atom. The summed E-state index contributed by atoms with van der Waals surface area (Å²) >= 11 is 0. The maximum atomic E-state index is 13.0. The van der Waals surface area contributed by atoms with Crippen LogP contribution in [0.3, 0.4) is 0 Å². The number of alkyl halides is 3. The van der Waals surface area contributed by atoms with E-state index in [1.807, 2.05) is 0 Å². The van der Waals surface area contributed by atoms with Gasteiger partial charge < -0.3 is 9.36 Å². The zero-order valence-electron chi connectivity index (χ0n) is 13.3. The molecular formula is C15H17F4NO4. The molecule has 1 aromatic heterocycles. The topological polar surface area (TPSA) is 65.4 Å². The molecule has 0 radical (unpaired) electrons. The van der Waals surface area contributed by atoms with Crippen molar-refractivity contribution in [1.29, 1.82) is 0 Å². The van der Waals surface area contributed by atoms with Crippen LogP contribution in [0.15, 0.2) is 17.1 Å². The fraction of sp³-hybridized carbons (Fsp3) is 0.533. The van der Waals surface area contributed by atoms with E-state index in [0.717, 1.165) is 6.20 Å². The van der Waals surface area contributed by atoms with Crippen LogP contribution in [0.1, 0.15) is 44.4 Å². The highest BCUT2D eigenvalue weighted by molar-refractivity contribution is 5.73. The quantitative estimate of drug-likeness (QED) is 0.604. The minimum Gasteiger partial charge on any atom is -0.303 e. The zero-order valence-corrected chi connectivity index (χ0v) is 13.3. The van der Waals surface area contributed by atoms with Gasteiger partial charge in [-0.2, -0.15) is 13.2 Å². The molecule has 0 aliphatic rings. The molecule has 0 aromatic carbocycles. The Morgan fingerprint density at radius 2 is 1.92 bits per heavy atom. The molecular weight excluding hydrogens is 334 g/mol. The lowest BCUT2D eigenvalue weighted by atomic mass is 9.88. The van der Waals surface area contributed by atoms with Crippen LogP contribution in [0, 0.1) is 5.41 Å². The third-order valence-corrected chi connectivity index (χ3v) is 3.26. The van der Waals surface area contributed by atoms with Gasteiger partial charge in [0.2, 0.25) is 0 Å². The van der Waals surface area contributed by atoms with Crippen LogP contribution in [0.5, 0.6) is 0 Å². The van der Waals surface area contributed by atoms with Gasteiger partial charge in [0.25, 0.3) is 5.56 Å².